The fourth-order valence-electron chi connectivity index (χ4n) is 5.00. The average Bonchev–Trinajstić information content (AvgIpc) is 2.87. The minimum Gasteiger partial charge on any atom is -0.508 e. The molecule has 0 spiro atoms. The SMILES string of the molecule is Cc1ccc(-c2ccc3cc(O)ccc3c2Cc2ccc(OCCN3CCCCC3)cc2)cc1O. The van der Waals surface area contributed by atoms with E-state index in [1.807, 2.05) is 31.2 Å². The summed E-state index contributed by atoms with van der Waals surface area (Å²) in [4.78, 5) is 2.49. The Labute approximate surface area is 207 Å². The molecule has 1 aliphatic rings. The van der Waals surface area contributed by atoms with Crippen molar-refractivity contribution in [2.45, 2.75) is 32.6 Å². The van der Waals surface area contributed by atoms with Crippen LogP contribution in [0.4, 0.5) is 0 Å². The fourth-order valence-corrected chi connectivity index (χ4v) is 5.00. The summed E-state index contributed by atoms with van der Waals surface area (Å²) in [6, 6.07) is 23.8. The zero-order valence-electron chi connectivity index (χ0n) is 20.3. The Bertz CT molecular complexity index is 1310. The van der Waals surface area contributed by atoms with Crippen LogP contribution in [0.3, 0.4) is 0 Å². The third kappa shape index (κ3) is 5.44. The zero-order chi connectivity index (χ0) is 24.2. The van der Waals surface area contributed by atoms with Crippen LogP contribution < -0.4 is 4.74 Å². The number of ether oxygens (including phenoxy) is 1. The van der Waals surface area contributed by atoms with Crippen LogP contribution >= 0.6 is 0 Å². The summed E-state index contributed by atoms with van der Waals surface area (Å²) in [5.41, 5.74) is 5.28. The van der Waals surface area contributed by atoms with Crippen LogP contribution in [0.1, 0.15) is 36.0 Å². The molecule has 0 radical (unpaired) electrons. The highest BCUT2D eigenvalue weighted by Crippen LogP contribution is 2.35. The Morgan fingerprint density at radius 3 is 2.40 bits per heavy atom. The number of nitrogens with zero attached hydrogens (tertiary/aromatic N) is 1. The predicted molar refractivity (Wildman–Crippen MR) is 142 cm³/mol. The van der Waals surface area contributed by atoms with Gasteiger partial charge in [-0.05, 0) is 108 Å². The summed E-state index contributed by atoms with van der Waals surface area (Å²) in [7, 11) is 0. The Balaban J connectivity index is 1.38. The van der Waals surface area contributed by atoms with Gasteiger partial charge >= 0.3 is 0 Å². The summed E-state index contributed by atoms with van der Waals surface area (Å²) in [6.45, 7) is 5.97. The number of aryl methyl sites for hydroxylation is 1. The van der Waals surface area contributed by atoms with Crippen LogP contribution in [0, 0.1) is 6.92 Å². The van der Waals surface area contributed by atoms with Gasteiger partial charge < -0.3 is 14.9 Å². The second-order valence-electron chi connectivity index (χ2n) is 9.57. The predicted octanol–water partition coefficient (Wildman–Crippen LogP) is 6.68. The average molecular weight is 468 g/mol. The van der Waals surface area contributed by atoms with Gasteiger partial charge in [0.15, 0.2) is 0 Å². The van der Waals surface area contributed by atoms with Crippen molar-refractivity contribution in [1.29, 1.82) is 0 Å². The molecule has 5 rings (SSSR count). The first-order valence-electron chi connectivity index (χ1n) is 12.6. The molecule has 4 aromatic rings. The van der Waals surface area contributed by atoms with E-state index >= 15 is 0 Å². The van der Waals surface area contributed by atoms with Crippen LogP contribution in [0.5, 0.6) is 17.2 Å². The molecule has 0 amide bonds. The maximum absolute atomic E-state index is 10.3. The lowest BCUT2D eigenvalue weighted by Crippen LogP contribution is -2.33. The third-order valence-corrected chi connectivity index (χ3v) is 7.06. The van der Waals surface area contributed by atoms with Gasteiger partial charge in [0, 0.05) is 6.54 Å². The first kappa shape index (κ1) is 23.3. The molecule has 1 fully saturated rings. The van der Waals surface area contributed by atoms with Crippen molar-refractivity contribution in [2.24, 2.45) is 0 Å². The van der Waals surface area contributed by atoms with Crippen molar-refractivity contribution >= 4 is 10.8 Å². The quantitative estimate of drug-likeness (QED) is 0.318. The smallest absolute Gasteiger partial charge is 0.119 e. The zero-order valence-corrected chi connectivity index (χ0v) is 20.3. The summed E-state index contributed by atoms with van der Waals surface area (Å²) in [5.74, 6) is 1.46. The number of hydrogen-bond donors (Lipinski definition) is 2. The molecular formula is C31H33NO3. The molecule has 1 saturated heterocycles. The van der Waals surface area contributed by atoms with Gasteiger partial charge in [0.25, 0.3) is 0 Å². The molecule has 0 aromatic heterocycles. The van der Waals surface area contributed by atoms with E-state index in [2.05, 4.69) is 41.3 Å². The van der Waals surface area contributed by atoms with Gasteiger partial charge in [-0.25, -0.2) is 0 Å². The standard InChI is InChI=1S/C31H33NO3/c1-22-5-8-25(21-31(22)34)28-13-9-24-20-26(33)10-14-29(24)30(28)19-23-6-11-27(12-7-23)35-18-17-32-15-3-2-4-16-32/h5-14,20-21,33-34H,2-4,15-19H2,1H3. The second kappa shape index (κ2) is 10.4. The number of piperidine rings is 1. The van der Waals surface area contributed by atoms with Gasteiger partial charge in [0.2, 0.25) is 0 Å². The van der Waals surface area contributed by atoms with Gasteiger partial charge in [-0.2, -0.15) is 0 Å². The highest BCUT2D eigenvalue weighted by molar-refractivity contribution is 5.93. The first-order chi connectivity index (χ1) is 17.1. The lowest BCUT2D eigenvalue weighted by Gasteiger charge is -2.26. The fraction of sp³-hybridized carbons (Fsp3) is 0.290. The minimum absolute atomic E-state index is 0.259. The molecule has 1 heterocycles. The summed E-state index contributed by atoms with van der Waals surface area (Å²) in [5, 5.41) is 22.4. The van der Waals surface area contributed by atoms with Gasteiger partial charge in [-0.3, -0.25) is 4.90 Å². The number of hydrogen-bond acceptors (Lipinski definition) is 4. The van der Waals surface area contributed by atoms with Crippen molar-refractivity contribution < 1.29 is 14.9 Å². The Kier molecular flexibility index (Phi) is 6.91. The molecule has 0 unspecified atom stereocenters. The number of benzene rings is 4. The van der Waals surface area contributed by atoms with E-state index in [0.29, 0.717) is 12.4 Å². The van der Waals surface area contributed by atoms with E-state index in [0.717, 1.165) is 46.2 Å². The Hall–Kier alpha value is -3.50. The largest absolute Gasteiger partial charge is 0.508 e. The molecule has 35 heavy (non-hydrogen) atoms. The number of phenols is 2. The lowest BCUT2D eigenvalue weighted by molar-refractivity contribution is 0.183. The molecule has 4 aromatic carbocycles. The molecule has 2 N–H and O–H groups in total. The molecule has 4 heteroatoms. The molecule has 4 nitrogen and oxygen atoms in total. The van der Waals surface area contributed by atoms with Crippen LogP contribution in [0.15, 0.2) is 72.8 Å². The van der Waals surface area contributed by atoms with Gasteiger partial charge in [0.05, 0.1) is 0 Å². The second-order valence-corrected chi connectivity index (χ2v) is 9.57. The number of aromatic hydroxyl groups is 2. The number of likely N-dealkylation sites (tertiary alicyclic amines) is 1. The number of fused-ring (bicyclic) bond motifs is 1. The molecular weight excluding hydrogens is 434 g/mol. The van der Waals surface area contributed by atoms with Crippen LogP contribution in [-0.2, 0) is 6.42 Å². The first-order valence-corrected chi connectivity index (χ1v) is 12.6. The van der Waals surface area contributed by atoms with Crippen molar-refractivity contribution in [3.05, 3.63) is 89.5 Å². The van der Waals surface area contributed by atoms with Crippen LogP contribution in [0.25, 0.3) is 21.9 Å². The Morgan fingerprint density at radius 1 is 0.829 bits per heavy atom. The van der Waals surface area contributed by atoms with E-state index in [4.69, 9.17) is 4.74 Å². The Morgan fingerprint density at radius 2 is 1.63 bits per heavy atom. The van der Waals surface area contributed by atoms with E-state index in [1.54, 1.807) is 12.1 Å². The van der Waals surface area contributed by atoms with Crippen LogP contribution in [0.2, 0.25) is 0 Å². The summed E-state index contributed by atoms with van der Waals surface area (Å²) >= 11 is 0. The van der Waals surface area contributed by atoms with Crippen molar-refractivity contribution in [3.8, 4) is 28.4 Å². The molecule has 180 valence electrons. The highest BCUT2D eigenvalue weighted by Gasteiger charge is 2.13. The number of phenolic OH excluding ortho intramolecular Hbond substituents is 2. The monoisotopic (exact) mass is 467 g/mol. The third-order valence-electron chi connectivity index (χ3n) is 7.06. The summed E-state index contributed by atoms with van der Waals surface area (Å²) in [6.07, 6.45) is 4.68. The summed E-state index contributed by atoms with van der Waals surface area (Å²) < 4.78 is 6.02. The normalized spacial score (nSPS) is 14.3. The van der Waals surface area contributed by atoms with E-state index in [1.165, 1.54) is 43.5 Å². The maximum Gasteiger partial charge on any atom is 0.119 e. The number of rotatable bonds is 7. The van der Waals surface area contributed by atoms with Gasteiger partial charge in [0.1, 0.15) is 23.9 Å². The van der Waals surface area contributed by atoms with E-state index < -0.39 is 0 Å². The molecule has 0 atom stereocenters. The molecule has 0 bridgehead atoms. The molecule has 0 aliphatic carbocycles. The van der Waals surface area contributed by atoms with Gasteiger partial charge in [-0.1, -0.05) is 48.9 Å². The maximum atomic E-state index is 10.3. The van der Waals surface area contributed by atoms with E-state index in [-0.39, 0.29) is 5.75 Å². The lowest BCUT2D eigenvalue weighted by atomic mass is 9.89. The van der Waals surface area contributed by atoms with Crippen LogP contribution in [-0.4, -0.2) is 41.4 Å². The van der Waals surface area contributed by atoms with Crippen molar-refractivity contribution in [3.63, 3.8) is 0 Å². The van der Waals surface area contributed by atoms with E-state index in [9.17, 15) is 10.2 Å². The topological polar surface area (TPSA) is 52.9 Å². The van der Waals surface area contributed by atoms with Crippen molar-refractivity contribution in [1.82, 2.24) is 4.90 Å². The minimum atomic E-state index is 0.259. The highest BCUT2D eigenvalue weighted by atomic mass is 16.5. The van der Waals surface area contributed by atoms with Crippen molar-refractivity contribution in [2.75, 3.05) is 26.2 Å². The molecule has 0 saturated carbocycles. The van der Waals surface area contributed by atoms with Gasteiger partial charge in [-0.15, -0.1) is 0 Å². The molecule has 1 aliphatic heterocycles.